The second-order valence-electron chi connectivity index (χ2n) is 7.15. The number of nitrogens with one attached hydrogen (secondary N) is 1. The molecule has 28 heavy (non-hydrogen) atoms. The molecule has 152 valence electrons. The van der Waals surface area contributed by atoms with Gasteiger partial charge >= 0.3 is 0 Å². The number of furan rings is 1. The lowest BCUT2D eigenvalue weighted by molar-refractivity contribution is -0.120. The minimum atomic E-state index is -3.46. The van der Waals surface area contributed by atoms with Gasteiger partial charge in [0.05, 0.1) is 23.7 Å². The summed E-state index contributed by atoms with van der Waals surface area (Å²) in [7, 11) is -1.62. The number of rotatable bonds is 7. The molecule has 1 aromatic heterocycles. The Kier molecular flexibility index (Phi) is 6.53. The molecule has 0 aliphatic carbocycles. The fraction of sp³-hybridized carbons (Fsp3) is 0.450. The minimum absolute atomic E-state index is 0.166. The van der Waals surface area contributed by atoms with Crippen LogP contribution in [0.5, 0.6) is 0 Å². The zero-order valence-electron chi connectivity index (χ0n) is 16.3. The molecular weight excluding hydrogens is 378 g/mol. The number of sulfonamides is 1. The van der Waals surface area contributed by atoms with Gasteiger partial charge in [0.25, 0.3) is 0 Å². The maximum absolute atomic E-state index is 12.7. The minimum Gasteiger partial charge on any atom is -0.468 e. The summed E-state index contributed by atoms with van der Waals surface area (Å²) in [4.78, 5) is 14.6. The van der Waals surface area contributed by atoms with E-state index < -0.39 is 10.0 Å². The van der Waals surface area contributed by atoms with Crippen molar-refractivity contribution in [1.29, 1.82) is 0 Å². The lowest BCUT2D eigenvalue weighted by Gasteiger charge is -2.26. The molecule has 8 heteroatoms. The Labute approximate surface area is 166 Å². The fourth-order valence-electron chi connectivity index (χ4n) is 3.20. The van der Waals surface area contributed by atoms with E-state index in [0.717, 1.165) is 25.0 Å². The number of hydrogen-bond acceptors (Lipinski definition) is 5. The van der Waals surface area contributed by atoms with Crippen molar-refractivity contribution in [3.8, 4) is 0 Å². The first-order chi connectivity index (χ1) is 13.4. The summed E-state index contributed by atoms with van der Waals surface area (Å²) in [6.45, 7) is 3.47. The topological polar surface area (TPSA) is 82.9 Å². The molecule has 1 aliphatic heterocycles. The first kappa shape index (κ1) is 20.6. The highest BCUT2D eigenvalue weighted by molar-refractivity contribution is 7.89. The van der Waals surface area contributed by atoms with Crippen molar-refractivity contribution < 1.29 is 17.6 Å². The third-order valence-corrected chi connectivity index (χ3v) is 7.01. The van der Waals surface area contributed by atoms with Crippen molar-refractivity contribution in [2.45, 2.75) is 43.7 Å². The van der Waals surface area contributed by atoms with Crippen LogP contribution in [-0.4, -0.2) is 49.7 Å². The van der Waals surface area contributed by atoms with E-state index in [4.69, 9.17) is 4.42 Å². The third-order valence-electron chi connectivity index (χ3n) is 5.10. The molecule has 1 unspecified atom stereocenters. The van der Waals surface area contributed by atoms with E-state index in [2.05, 4.69) is 5.32 Å². The molecule has 1 atom stereocenters. The quantitative estimate of drug-likeness (QED) is 0.766. The number of nitrogens with zero attached hydrogens (tertiary/aromatic N) is 2. The Balaban J connectivity index is 1.61. The van der Waals surface area contributed by atoms with Gasteiger partial charge in [-0.2, -0.15) is 4.31 Å². The summed E-state index contributed by atoms with van der Waals surface area (Å²) in [5, 5.41) is 2.84. The predicted octanol–water partition coefficient (Wildman–Crippen LogP) is 2.91. The number of amides is 1. The van der Waals surface area contributed by atoms with Gasteiger partial charge < -0.3 is 9.73 Å². The van der Waals surface area contributed by atoms with Crippen LogP contribution in [0.15, 0.2) is 52.0 Å². The summed E-state index contributed by atoms with van der Waals surface area (Å²) in [6, 6.07) is 9.67. The van der Waals surface area contributed by atoms with Gasteiger partial charge in [-0.15, -0.1) is 0 Å². The van der Waals surface area contributed by atoms with E-state index >= 15 is 0 Å². The lowest BCUT2D eigenvalue weighted by Crippen LogP contribution is -2.39. The first-order valence-electron chi connectivity index (χ1n) is 9.51. The molecule has 0 spiro atoms. The monoisotopic (exact) mass is 405 g/mol. The Morgan fingerprint density at radius 2 is 1.86 bits per heavy atom. The third kappa shape index (κ3) is 4.81. The number of anilines is 1. The van der Waals surface area contributed by atoms with Gasteiger partial charge in [-0.3, -0.25) is 9.69 Å². The number of likely N-dealkylation sites (N-methyl/N-ethyl adjacent to an activating group) is 1. The molecule has 1 fully saturated rings. The molecule has 7 nitrogen and oxygen atoms in total. The van der Waals surface area contributed by atoms with Crippen LogP contribution in [0, 0.1) is 0 Å². The van der Waals surface area contributed by atoms with E-state index in [1.54, 1.807) is 30.5 Å². The average molecular weight is 406 g/mol. The van der Waals surface area contributed by atoms with Gasteiger partial charge in [-0.25, -0.2) is 8.42 Å². The smallest absolute Gasteiger partial charge is 0.243 e. The molecule has 0 bridgehead atoms. The first-order valence-corrected chi connectivity index (χ1v) is 11.0. The van der Waals surface area contributed by atoms with Crippen molar-refractivity contribution >= 4 is 21.6 Å². The molecule has 2 heterocycles. The van der Waals surface area contributed by atoms with Crippen LogP contribution in [0.25, 0.3) is 0 Å². The van der Waals surface area contributed by atoms with E-state index in [1.165, 1.54) is 4.31 Å². The molecule has 1 N–H and O–H groups in total. The molecule has 1 saturated heterocycles. The van der Waals surface area contributed by atoms with E-state index in [-0.39, 0.29) is 16.8 Å². The van der Waals surface area contributed by atoms with E-state index in [1.807, 2.05) is 31.0 Å². The highest BCUT2D eigenvalue weighted by atomic mass is 32.2. The highest BCUT2D eigenvalue weighted by Gasteiger charge is 2.26. The molecule has 0 saturated carbocycles. The lowest BCUT2D eigenvalue weighted by atomic mass is 10.2. The van der Waals surface area contributed by atoms with Crippen LogP contribution in [0.4, 0.5) is 5.69 Å². The van der Waals surface area contributed by atoms with Crippen molar-refractivity contribution in [1.82, 2.24) is 9.21 Å². The summed E-state index contributed by atoms with van der Waals surface area (Å²) in [5.74, 6) is 0.620. The van der Waals surface area contributed by atoms with Gasteiger partial charge in [-0.05, 0) is 63.2 Å². The molecule has 1 amide bonds. The predicted molar refractivity (Wildman–Crippen MR) is 107 cm³/mol. The van der Waals surface area contributed by atoms with Crippen molar-refractivity contribution in [3.63, 3.8) is 0 Å². The van der Waals surface area contributed by atoms with Crippen LogP contribution < -0.4 is 5.32 Å². The highest BCUT2D eigenvalue weighted by Crippen LogP contribution is 2.22. The number of carbonyl (C=O) groups excluding carboxylic acids is 1. The Hall–Kier alpha value is -2.16. The summed E-state index contributed by atoms with van der Waals surface area (Å²) >= 11 is 0. The maximum Gasteiger partial charge on any atom is 0.243 e. The number of hydrogen-bond donors (Lipinski definition) is 1. The normalized spacial score (nSPS) is 16.8. The zero-order chi connectivity index (χ0) is 20.1. The van der Waals surface area contributed by atoms with Crippen molar-refractivity contribution in [3.05, 3.63) is 48.4 Å². The summed E-state index contributed by atoms with van der Waals surface area (Å²) < 4.78 is 32.2. The SMILES string of the molecule is CC(C(=O)Nc1ccc(S(=O)(=O)N2CCCCC2)cc1)N(C)Cc1ccco1. The molecular formula is C20H27N3O4S. The van der Waals surface area contributed by atoms with Gasteiger partial charge in [0.1, 0.15) is 5.76 Å². The molecule has 3 rings (SSSR count). The number of benzene rings is 1. The summed E-state index contributed by atoms with van der Waals surface area (Å²) in [6.07, 6.45) is 4.48. The van der Waals surface area contributed by atoms with Gasteiger partial charge in [-0.1, -0.05) is 6.42 Å². The van der Waals surface area contributed by atoms with Crippen LogP contribution in [0.1, 0.15) is 31.9 Å². The Bertz CT molecular complexity index is 873. The van der Waals surface area contributed by atoms with Gasteiger partial charge in [0.15, 0.2) is 0 Å². The second kappa shape index (κ2) is 8.89. The standard InChI is InChI=1S/C20H27N3O4S/c1-16(22(2)15-18-7-6-14-27-18)20(24)21-17-8-10-19(11-9-17)28(25,26)23-12-4-3-5-13-23/h6-11,14,16H,3-5,12-13,15H2,1-2H3,(H,21,24). The average Bonchev–Trinajstić information content (AvgIpc) is 3.21. The van der Waals surface area contributed by atoms with Crippen LogP contribution in [0.2, 0.25) is 0 Å². The van der Waals surface area contributed by atoms with Crippen molar-refractivity contribution in [2.75, 3.05) is 25.5 Å². The molecule has 0 radical (unpaired) electrons. The summed E-state index contributed by atoms with van der Waals surface area (Å²) in [5.41, 5.74) is 0.570. The largest absolute Gasteiger partial charge is 0.468 e. The molecule has 1 aliphatic rings. The zero-order valence-corrected chi connectivity index (χ0v) is 17.1. The number of piperidine rings is 1. The van der Waals surface area contributed by atoms with E-state index in [0.29, 0.717) is 25.3 Å². The molecule has 2 aromatic rings. The van der Waals surface area contributed by atoms with Gasteiger partial charge in [0.2, 0.25) is 15.9 Å². The molecule has 1 aromatic carbocycles. The van der Waals surface area contributed by atoms with Gasteiger partial charge in [0, 0.05) is 18.8 Å². The van der Waals surface area contributed by atoms with E-state index in [9.17, 15) is 13.2 Å². The van der Waals surface area contributed by atoms with Crippen LogP contribution in [-0.2, 0) is 21.4 Å². The van der Waals surface area contributed by atoms with Crippen LogP contribution in [0.3, 0.4) is 0 Å². The van der Waals surface area contributed by atoms with Crippen LogP contribution >= 0.6 is 0 Å². The number of carbonyl (C=O) groups is 1. The van der Waals surface area contributed by atoms with Crippen molar-refractivity contribution in [2.24, 2.45) is 0 Å². The Morgan fingerprint density at radius 3 is 2.46 bits per heavy atom. The maximum atomic E-state index is 12.7. The fourth-order valence-corrected chi connectivity index (χ4v) is 4.71. The Morgan fingerprint density at radius 1 is 1.18 bits per heavy atom. The second-order valence-corrected chi connectivity index (χ2v) is 9.09.